The molecule has 31 heavy (non-hydrogen) atoms. The third-order valence-corrected chi connectivity index (χ3v) is 7.35. The van der Waals surface area contributed by atoms with Crippen LogP contribution in [-0.2, 0) is 16.1 Å². The molecule has 4 unspecified atom stereocenters. The standard InChI is InChI=1S/C23H28N4O4/c28-20-7-6-19(21(29)26-20)27-22(30)16-5-4-13(10-17(16)23(27)31)11-25-18-3-1-2-14-12-24-9-8-15(14)18/h4-5,10,14-15,18-19,24-25H,1-3,6-9,11-12H2,(H,26,28,29). The summed E-state index contributed by atoms with van der Waals surface area (Å²) in [5.41, 5.74) is 1.63. The summed E-state index contributed by atoms with van der Waals surface area (Å²) < 4.78 is 0. The predicted octanol–water partition coefficient (Wildman–Crippen LogP) is 0.956. The van der Waals surface area contributed by atoms with Crippen molar-refractivity contribution in [1.82, 2.24) is 20.9 Å². The Kier molecular flexibility index (Phi) is 5.35. The predicted molar refractivity (Wildman–Crippen MR) is 112 cm³/mol. The number of rotatable bonds is 4. The highest BCUT2D eigenvalue weighted by molar-refractivity contribution is 6.23. The van der Waals surface area contributed by atoms with Crippen molar-refractivity contribution < 1.29 is 19.2 Å². The Morgan fingerprint density at radius 3 is 2.68 bits per heavy atom. The Morgan fingerprint density at radius 1 is 1.00 bits per heavy atom. The number of carbonyl (C=O) groups excluding carboxylic acids is 4. The summed E-state index contributed by atoms with van der Waals surface area (Å²) >= 11 is 0. The van der Waals surface area contributed by atoms with Crippen LogP contribution in [0.4, 0.5) is 0 Å². The molecule has 0 spiro atoms. The molecular formula is C23H28N4O4. The number of amides is 4. The minimum absolute atomic E-state index is 0.123. The zero-order valence-electron chi connectivity index (χ0n) is 17.5. The van der Waals surface area contributed by atoms with Gasteiger partial charge in [-0.1, -0.05) is 12.5 Å². The van der Waals surface area contributed by atoms with Gasteiger partial charge in [-0.3, -0.25) is 29.4 Å². The molecule has 3 N–H and O–H groups in total. The number of carbonyl (C=O) groups is 4. The van der Waals surface area contributed by atoms with Gasteiger partial charge in [0.2, 0.25) is 11.8 Å². The van der Waals surface area contributed by atoms with Gasteiger partial charge < -0.3 is 10.6 Å². The summed E-state index contributed by atoms with van der Waals surface area (Å²) in [6, 6.07) is 4.90. The highest BCUT2D eigenvalue weighted by atomic mass is 16.2. The zero-order chi connectivity index (χ0) is 21.5. The van der Waals surface area contributed by atoms with Crippen LogP contribution in [0.2, 0.25) is 0 Å². The molecule has 3 fully saturated rings. The fraction of sp³-hybridized carbons (Fsp3) is 0.565. The van der Waals surface area contributed by atoms with Gasteiger partial charge in [-0.05, 0) is 68.3 Å². The van der Waals surface area contributed by atoms with E-state index >= 15 is 0 Å². The lowest BCUT2D eigenvalue weighted by Gasteiger charge is -2.42. The first kappa shape index (κ1) is 20.3. The van der Waals surface area contributed by atoms with Crippen molar-refractivity contribution in [3.05, 3.63) is 34.9 Å². The Morgan fingerprint density at radius 2 is 1.84 bits per heavy atom. The van der Waals surface area contributed by atoms with Crippen LogP contribution < -0.4 is 16.0 Å². The van der Waals surface area contributed by atoms with E-state index in [-0.39, 0.29) is 18.7 Å². The Hall–Kier alpha value is -2.58. The maximum atomic E-state index is 13.0. The molecule has 164 valence electrons. The maximum absolute atomic E-state index is 13.0. The molecule has 0 radical (unpaired) electrons. The normalized spacial score (nSPS) is 30.8. The molecule has 1 aromatic carbocycles. The third kappa shape index (κ3) is 3.68. The largest absolute Gasteiger partial charge is 0.316 e. The van der Waals surface area contributed by atoms with Crippen LogP contribution in [-0.4, -0.2) is 53.7 Å². The molecule has 4 atom stereocenters. The van der Waals surface area contributed by atoms with Crippen LogP contribution in [0.1, 0.15) is 64.8 Å². The van der Waals surface area contributed by atoms with Crippen molar-refractivity contribution in [1.29, 1.82) is 0 Å². The van der Waals surface area contributed by atoms with Gasteiger partial charge in [0, 0.05) is 19.0 Å². The first-order chi connectivity index (χ1) is 15.0. The topological polar surface area (TPSA) is 108 Å². The van der Waals surface area contributed by atoms with Crippen LogP contribution in [0.25, 0.3) is 0 Å². The number of imide groups is 2. The molecule has 1 aliphatic carbocycles. The SMILES string of the molecule is O=C1CCC(N2C(=O)c3ccc(CNC4CCCC5CNCCC54)cc3C2=O)C(=O)N1. The number of hydrogen-bond acceptors (Lipinski definition) is 6. The molecule has 1 aromatic rings. The molecule has 3 heterocycles. The van der Waals surface area contributed by atoms with Crippen LogP contribution in [0, 0.1) is 11.8 Å². The second kappa shape index (κ2) is 8.16. The summed E-state index contributed by atoms with van der Waals surface area (Å²) in [5.74, 6) is -0.436. The molecule has 1 saturated carbocycles. The molecule has 4 amide bonds. The summed E-state index contributed by atoms with van der Waals surface area (Å²) in [5, 5.41) is 9.43. The van der Waals surface area contributed by atoms with E-state index < -0.39 is 23.8 Å². The number of hydrogen-bond donors (Lipinski definition) is 3. The van der Waals surface area contributed by atoms with E-state index in [4.69, 9.17) is 0 Å². The minimum atomic E-state index is -0.925. The summed E-state index contributed by atoms with van der Waals surface area (Å²) in [6.45, 7) is 2.83. The molecule has 2 saturated heterocycles. The smallest absolute Gasteiger partial charge is 0.262 e. The van der Waals surface area contributed by atoms with Crippen molar-refractivity contribution in [3.63, 3.8) is 0 Å². The number of nitrogens with zero attached hydrogens (tertiary/aromatic N) is 1. The van der Waals surface area contributed by atoms with Gasteiger partial charge in [-0.15, -0.1) is 0 Å². The van der Waals surface area contributed by atoms with E-state index in [1.54, 1.807) is 12.1 Å². The summed E-state index contributed by atoms with van der Waals surface area (Å²) in [6.07, 6.45) is 5.19. The monoisotopic (exact) mass is 424 g/mol. The lowest BCUT2D eigenvalue weighted by molar-refractivity contribution is -0.136. The summed E-state index contributed by atoms with van der Waals surface area (Å²) in [4.78, 5) is 50.5. The fourth-order valence-corrected chi connectivity index (χ4v) is 5.73. The minimum Gasteiger partial charge on any atom is -0.316 e. The third-order valence-electron chi connectivity index (χ3n) is 7.35. The van der Waals surface area contributed by atoms with Gasteiger partial charge in [0.15, 0.2) is 0 Å². The van der Waals surface area contributed by atoms with Gasteiger partial charge in [-0.25, -0.2) is 0 Å². The molecule has 8 nitrogen and oxygen atoms in total. The van der Waals surface area contributed by atoms with Crippen molar-refractivity contribution >= 4 is 23.6 Å². The molecule has 0 bridgehead atoms. The zero-order valence-corrected chi connectivity index (χ0v) is 17.5. The van der Waals surface area contributed by atoms with Gasteiger partial charge in [0.05, 0.1) is 11.1 Å². The number of benzene rings is 1. The van der Waals surface area contributed by atoms with E-state index in [1.807, 2.05) is 6.07 Å². The van der Waals surface area contributed by atoms with Crippen LogP contribution >= 0.6 is 0 Å². The van der Waals surface area contributed by atoms with Crippen molar-refractivity contribution in [2.75, 3.05) is 13.1 Å². The van der Waals surface area contributed by atoms with Crippen molar-refractivity contribution in [2.45, 2.75) is 57.2 Å². The quantitative estimate of drug-likeness (QED) is 0.622. The van der Waals surface area contributed by atoms with Gasteiger partial charge >= 0.3 is 0 Å². The fourth-order valence-electron chi connectivity index (χ4n) is 5.73. The average molecular weight is 425 g/mol. The Balaban J connectivity index is 1.29. The van der Waals surface area contributed by atoms with E-state index in [0.29, 0.717) is 29.6 Å². The van der Waals surface area contributed by atoms with Crippen LogP contribution in [0.5, 0.6) is 0 Å². The number of fused-ring (bicyclic) bond motifs is 2. The average Bonchev–Trinajstić information content (AvgIpc) is 3.02. The number of piperidine rings is 2. The first-order valence-electron chi connectivity index (χ1n) is 11.3. The second-order valence-electron chi connectivity index (χ2n) is 9.16. The van der Waals surface area contributed by atoms with E-state index in [0.717, 1.165) is 29.5 Å². The number of nitrogens with one attached hydrogen (secondary N) is 3. The highest BCUT2D eigenvalue weighted by Crippen LogP contribution is 2.34. The van der Waals surface area contributed by atoms with Gasteiger partial charge in [0.1, 0.15) is 6.04 Å². The first-order valence-corrected chi connectivity index (χ1v) is 11.3. The summed E-state index contributed by atoms with van der Waals surface area (Å²) in [7, 11) is 0. The molecular weight excluding hydrogens is 396 g/mol. The van der Waals surface area contributed by atoms with Crippen molar-refractivity contribution in [3.8, 4) is 0 Å². The van der Waals surface area contributed by atoms with Crippen LogP contribution in [0.3, 0.4) is 0 Å². The lowest BCUT2D eigenvalue weighted by atomic mass is 9.72. The maximum Gasteiger partial charge on any atom is 0.262 e. The van der Waals surface area contributed by atoms with Gasteiger partial charge in [0.25, 0.3) is 11.8 Å². The Bertz CT molecular complexity index is 944. The molecule has 3 aliphatic heterocycles. The molecule has 4 aliphatic rings. The Labute approximate surface area is 181 Å². The second-order valence-corrected chi connectivity index (χ2v) is 9.16. The van der Waals surface area contributed by atoms with E-state index in [9.17, 15) is 19.2 Å². The van der Waals surface area contributed by atoms with Gasteiger partial charge in [-0.2, -0.15) is 0 Å². The van der Waals surface area contributed by atoms with E-state index in [2.05, 4.69) is 16.0 Å². The molecule has 8 heteroatoms. The highest BCUT2D eigenvalue weighted by Gasteiger charge is 2.44. The van der Waals surface area contributed by atoms with E-state index in [1.165, 1.54) is 25.7 Å². The lowest BCUT2D eigenvalue weighted by Crippen LogP contribution is -2.54. The molecule has 5 rings (SSSR count). The van der Waals surface area contributed by atoms with Crippen LogP contribution in [0.15, 0.2) is 18.2 Å². The van der Waals surface area contributed by atoms with Crippen molar-refractivity contribution in [2.24, 2.45) is 11.8 Å². The molecule has 0 aromatic heterocycles.